The third-order valence-corrected chi connectivity index (χ3v) is 2.61. The fraction of sp³-hybridized carbons (Fsp3) is 0.0714. The van der Waals surface area contributed by atoms with Gasteiger partial charge < -0.3 is 0 Å². The van der Waals surface area contributed by atoms with Gasteiger partial charge >= 0.3 is 0 Å². The van der Waals surface area contributed by atoms with Crippen molar-refractivity contribution in [2.24, 2.45) is 0 Å². The van der Waals surface area contributed by atoms with E-state index in [1.165, 1.54) is 28.8 Å². The molecule has 1 nitrogen and oxygen atoms in total. The summed E-state index contributed by atoms with van der Waals surface area (Å²) in [6.45, 7) is 3.67. The Labute approximate surface area is 103 Å². The minimum Gasteiger partial charge on any atom is -0.208 e. The quantitative estimate of drug-likeness (QED) is 0.564. The van der Waals surface area contributed by atoms with Gasteiger partial charge in [0.15, 0.2) is 0 Å². The van der Waals surface area contributed by atoms with Crippen LogP contribution >= 0.6 is 0 Å². The normalized spacial score (nSPS) is 10.4. The van der Waals surface area contributed by atoms with Crippen LogP contribution in [0.25, 0.3) is 11.1 Å². The van der Waals surface area contributed by atoms with Crippen molar-refractivity contribution in [1.29, 1.82) is 0 Å². The number of benzene rings is 2. The standard InChI is InChI=1S/C14H11F3N/c1-18(2)10-4-6-13(16)12(8-10)11-5-3-9(15)7-14(11)17/h3-8H,1H2,2H3/q+1. The highest BCUT2D eigenvalue weighted by Gasteiger charge is 2.14. The van der Waals surface area contributed by atoms with E-state index in [9.17, 15) is 13.2 Å². The molecule has 2 rings (SSSR count). The van der Waals surface area contributed by atoms with E-state index < -0.39 is 17.5 Å². The van der Waals surface area contributed by atoms with Crippen LogP contribution in [0.3, 0.4) is 0 Å². The molecule has 0 saturated carbocycles. The Kier molecular flexibility index (Phi) is 3.19. The first-order valence-electron chi connectivity index (χ1n) is 5.28. The Bertz CT molecular complexity index is 620. The van der Waals surface area contributed by atoms with Crippen LogP contribution in [0.2, 0.25) is 0 Å². The van der Waals surface area contributed by atoms with Crippen molar-refractivity contribution in [3.63, 3.8) is 0 Å². The lowest BCUT2D eigenvalue weighted by Gasteiger charge is -2.06. The van der Waals surface area contributed by atoms with Crippen molar-refractivity contribution in [2.75, 3.05) is 7.05 Å². The molecule has 0 atom stereocenters. The highest BCUT2D eigenvalue weighted by Crippen LogP contribution is 2.29. The van der Waals surface area contributed by atoms with Gasteiger partial charge in [0.25, 0.3) is 0 Å². The molecule has 18 heavy (non-hydrogen) atoms. The molecule has 0 bridgehead atoms. The Balaban J connectivity index is 2.62. The Hall–Kier alpha value is -2.10. The molecule has 0 spiro atoms. The topological polar surface area (TPSA) is 3.01 Å². The number of hydrogen-bond donors (Lipinski definition) is 0. The number of rotatable bonds is 2. The maximum absolute atomic E-state index is 13.7. The monoisotopic (exact) mass is 250 g/mol. The minimum absolute atomic E-state index is 0.0256. The van der Waals surface area contributed by atoms with E-state index in [1.54, 1.807) is 7.05 Å². The van der Waals surface area contributed by atoms with Crippen LogP contribution in [0.1, 0.15) is 0 Å². The molecule has 2 aromatic carbocycles. The highest BCUT2D eigenvalue weighted by molar-refractivity contribution is 5.67. The summed E-state index contributed by atoms with van der Waals surface area (Å²) in [5, 5.41) is 0. The summed E-state index contributed by atoms with van der Waals surface area (Å²) in [7, 11) is 1.69. The van der Waals surface area contributed by atoms with Gasteiger partial charge in [-0.3, -0.25) is 0 Å². The second-order valence-corrected chi connectivity index (χ2v) is 3.99. The maximum atomic E-state index is 13.7. The molecular weight excluding hydrogens is 239 g/mol. The predicted octanol–water partition coefficient (Wildman–Crippen LogP) is 3.75. The smallest absolute Gasteiger partial charge is 0.205 e. The molecule has 0 unspecified atom stereocenters. The van der Waals surface area contributed by atoms with Crippen molar-refractivity contribution >= 4 is 12.4 Å². The van der Waals surface area contributed by atoms with E-state index in [4.69, 9.17) is 0 Å². The first kappa shape index (κ1) is 12.4. The molecule has 92 valence electrons. The van der Waals surface area contributed by atoms with Crippen molar-refractivity contribution in [2.45, 2.75) is 0 Å². The number of hydrogen-bond acceptors (Lipinski definition) is 0. The van der Waals surface area contributed by atoms with E-state index >= 15 is 0 Å². The van der Waals surface area contributed by atoms with Crippen molar-refractivity contribution in [3.05, 3.63) is 53.8 Å². The second-order valence-electron chi connectivity index (χ2n) is 3.99. The fourth-order valence-electron chi connectivity index (χ4n) is 1.67. The molecule has 2 aromatic rings. The molecule has 0 fully saturated rings. The van der Waals surface area contributed by atoms with Crippen LogP contribution in [-0.2, 0) is 0 Å². The largest absolute Gasteiger partial charge is 0.208 e. The van der Waals surface area contributed by atoms with Gasteiger partial charge in [0.1, 0.15) is 31.2 Å². The summed E-state index contributed by atoms with van der Waals surface area (Å²) in [4.78, 5) is 0. The lowest BCUT2D eigenvalue weighted by atomic mass is 10.0. The summed E-state index contributed by atoms with van der Waals surface area (Å²) < 4.78 is 41.7. The van der Waals surface area contributed by atoms with Gasteiger partial charge in [-0.25, -0.2) is 17.7 Å². The fourth-order valence-corrected chi connectivity index (χ4v) is 1.67. The van der Waals surface area contributed by atoms with Crippen molar-refractivity contribution in [3.8, 4) is 11.1 Å². The predicted molar refractivity (Wildman–Crippen MR) is 64.7 cm³/mol. The van der Waals surface area contributed by atoms with E-state index in [0.717, 1.165) is 12.1 Å². The molecule has 0 aromatic heterocycles. The van der Waals surface area contributed by atoms with Crippen molar-refractivity contribution in [1.82, 2.24) is 0 Å². The van der Waals surface area contributed by atoms with Crippen molar-refractivity contribution < 1.29 is 17.7 Å². The molecular formula is C14H11F3N+. The molecule has 0 heterocycles. The van der Waals surface area contributed by atoms with Gasteiger partial charge in [0.2, 0.25) is 5.69 Å². The zero-order valence-electron chi connectivity index (χ0n) is 9.75. The first-order valence-corrected chi connectivity index (χ1v) is 5.28. The molecule has 0 N–H and O–H groups in total. The molecule has 4 heteroatoms. The Morgan fingerprint density at radius 2 is 1.61 bits per heavy atom. The van der Waals surface area contributed by atoms with E-state index in [0.29, 0.717) is 5.69 Å². The minimum atomic E-state index is -0.794. The first-order chi connectivity index (χ1) is 8.49. The average molecular weight is 250 g/mol. The van der Waals surface area contributed by atoms with Gasteiger partial charge in [-0.1, -0.05) is 0 Å². The van der Waals surface area contributed by atoms with Crippen LogP contribution in [0.4, 0.5) is 18.9 Å². The third-order valence-electron chi connectivity index (χ3n) is 2.61. The van der Waals surface area contributed by atoms with Gasteiger partial charge in [-0.05, 0) is 18.2 Å². The van der Waals surface area contributed by atoms with Crippen LogP contribution in [0.15, 0.2) is 36.4 Å². The second kappa shape index (κ2) is 4.64. The third kappa shape index (κ3) is 2.27. The Morgan fingerprint density at radius 1 is 0.889 bits per heavy atom. The summed E-state index contributed by atoms with van der Waals surface area (Å²) in [5.41, 5.74) is 0.744. The van der Waals surface area contributed by atoms with Crippen LogP contribution in [0.5, 0.6) is 0 Å². The number of halogens is 3. The maximum Gasteiger partial charge on any atom is 0.205 e. The van der Waals surface area contributed by atoms with Gasteiger partial charge in [0, 0.05) is 29.3 Å². The van der Waals surface area contributed by atoms with E-state index in [1.807, 2.05) is 0 Å². The SMILES string of the molecule is C=[N+](C)c1ccc(F)c(-c2ccc(F)cc2F)c1. The number of nitrogens with zero attached hydrogens (tertiary/aromatic N) is 1. The van der Waals surface area contributed by atoms with Gasteiger partial charge in [0.05, 0.1) is 0 Å². The zero-order chi connectivity index (χ0) is 13.3. The lowest BCUT2D eigenvalue weighted by molar-refractivity contribution is -0.394. The zero-order valence-corrected chi connectivity index (χ0v) is 9.75. The lowest BCUT2D eigenvalue weighted by Crippen LogP contribution is -1.95. The molecule has 0 saturated heterocycles. The van der Waals surface area contributed by atoms with Gasteiger partial charge in [-0.2, -0.15) is 0 Å². The molecule has 0 aliphatic carbocycles. The van der Waals surface area contributed by atoms with E-state index in [-0.39, 0.29) is 11.1 Å². The molecule has 0 radical (unpaired) electrons. The average Bonchev–Trinajstić information content (AvgIpc) is 2.30. The molecule has 0 aliphatic rings. The molecule has 0 amide bonds. The highest BCUT2D eigenvalue weighted by atomic mass is 19.1. The summed E-state index contributed by atoms with van der Waals surface area (Å²) in [5.74, 6) is -2.05. The molecule has 0 aliphatic heterocycles. The van der Waals surface area contributed by atoms with Crippen LogP contribution in [-0.4, -0.2) is 18.3 Å². The summed E-state index contributed by atoms with van der Waals surface area (Å²) >= 11 is 0. The van der Waals surface area contributed by atoms with Gasteiger partial charge in [-0.15, -0.1) is 0 Å². The Morgan fingerprint density at radius 3 is 2.22 bits per heavy atom. The van der Waals surface area contributed by atoms with Crippen LogP contribution < -0.4 is 0 Å². The van der Waals surface area contributed by atoms with E-state index in [2.05, 4.69) is 6.72 Å². The van der Waals surface area contributed by atoms with Crippen LogP contribution in [0, 0.1) is 17.5 Å². The summed E-state index contributed by atoms with van der Waals surface area (Å²) in [6, 6.07) is 7.28. The summed E-state index contributed by atoms with van der Waals surface area (Å²) in [6.07, 6.45) is 0.